The van der Waals surface area contributed by atoms with Gasteiger partial charge in [0.25, 0.3) is 0 Å². The standard InChI is InChI=1S/C29H38N8O2/c1-6-29(12-9-13-36(18-29)20(4)38)27-31-23-25(34(27)5)32-28(33-26(23)35-14-16-39-17-15-35)37-22-11-8-7-10-21(22)30-24(37)19(2)3/h7-8,10-11,19H,6,9,12-18H2,1-5H3. The van der Waals surface area contributed by atoms with E-state index in [9.17, 15) is 4.79 Å². The summed E-state index contributed by atoms with van der Waals surface area (Å²) in [6.07, 6.45) is 2.84. The van der Waals surface area contributed by atoms with Crippen LogP contribution in [0.1, 0.15) is 64.5 Å². The lowest BCUT2D eigenvalue weighted by molar-refractivity contribution is -0.131. The Hall–Kier alpha value is -3.53. The molecule has 0 radical (unpaired) electrons. The van der Waals surface area contributed by atoms with Gasteiger partial charge in [0.2, 0.25) is 11.9 Å². The number of benzene rings is 1. The number of fused-ring (bicyclic) bond motifs is 2. The molecule has 1 unspecified atom stereocenters. The highest BCUT2D eigenvalue weighted by Crippen LogP contribution is 2.39. The number of anilines is 1. The van der Waals surface area contributed by atoms with Crippen molar-refractivity contribution >= 4 is 33.9 Å². The van der Waals surface area contributed by atoms with Gasteiger partial charge in [0.15, 0.2) is 17.0 Å². The summed E-state index contributed by atoms with van der Waals surface area (Å²) in [5, 5.41) is 0. The Morgan fingerprint density at radius 1 is 1.08 bits per heavy atom. The first-order valence-corrected chi connectivity index (χ1v) is 14.1. The van der Waals surface area contributed by atoms with Crippen molar-refractivity contribution in [1.29, 1.82) is 0 Å². The fourth-order valence-corrected chi connectivity index (χ4v) is 6.28. The molecule has 3 aromatic heterocycles. The first kappa shape index (κ1) is 25.7. The zero-order chi connectivity index (χ0) is 27.3. The maximum absolute atomic E-state index is 12.4. The number of rotatable bonds is 5. The van der Waals surface area contributed by atoms with Gasteiger partial charge in [0.05, 0.1) is 24.2 Å². The first-order chi connectivity index (χ1) is 18.8. The molecule has 2 saturated heterocycles. The molecule has 206 valence electrons. The predicted octanol–water partition coefficient (Wildman–Crippen LogP) is 3.95. The van der Waals surface area contributed by atoms with Gasteiger partial charge in [-0.3, -0.25) is 9.36 Å². The minimum absolute atomic E-state index is 0.121. The molecule has 2 fully saturated rings. The second-order valence-corrected chi connectivity index (χ2v) is 11.2. The van der Waals surface area contributed by atoms with E-state index >= 15 is 0 Å². The highest BCUT2D eigenvalue weighted by atomic mass is 16.5. The number of nitrogens with zero attached hydrogens (tertiary/aromatic N) is 8. The summed E-state index contributed by atoms with van der Waals surface area (Å²) in [4.78, 5) is 37.2. The third-order valence-electron chi connectivity index (χ3n) is 8.48. The van der Waals surface area contributed by atoms with E-state index in [1.54, 1.807) is 6.92 Å². The van der Waals surface area contributed by atoms with Crippen LogP contribution in [0.5, 0.6) is 0 Å². The highest BCUT2D eigenvalue weighted by molar-refractivity contribution is 5.86. The van der Waals surface area contributed by atoms with Crippen LogP contribution >= 0.6 is 0 Å². The monoisotopic (exact) mass is 530 g/mol. The number of ether oxygens (including phenoxy) is 1. The minimum Gasteiger partial charge on any atom is -0.378 e. The molecule has 6 rings (SSSR count). The number of hydrogen-bond donors (Lipinski definition) is 0. The van der Waals surface area contributed by atoms with E-state index in [1.807, 2.05) is 23.1 Å². The molecular formula is C29H38N8O2. The maximum Gasteiger partial charge on any atom is 0.239 e. The minimum atomic E-state index is -0.230. The fraction of sp³-hybridized carbons (Fsp3) is 0.552. The van der Waals surface area contributed by atoms with Crippen molar-refractivity contribution < 1.29 is 9.53 Å². The van der Waals surface area contributed by atoms with E-state index in [4.69, 9.17) is 24.7 Å². The number of carbonyl (C=O) groups is 1. The molecule has 5 heterocycles. The topological polar surface area (TPSA) is 94.2 Å². The van der Waals surface area contributed by atoms with Crippen LogP contribution < -0.4 is 4.90 Å². The van der Waals surface area contributed by atoms with Crippen molar-refractivity contribution in [1.82, 2.24) is 34.0 Å². The number of likely N-dealkylation sites (tertiary alicyclic amines) is 1. The maximum atomic E-state index is 12.4. The van der Waals surface area contributed by atoms with Gasteiger partial charge in [0.1, 0.15) is 11.6 Å². The molecule has 10 heteroatoms. The van der Waals surface area contributed by atoms with Crippen molar-refractivity contribution in [3.8, 4) is 5.95 Å². The van der Waals surface area contributed by atoms with Gasteiger partial charge in [-0.25, -0.2) is 9.97 Å². The van der Waals surface area contributed by atoms with E-state index in [1.165, 1.54) is 0 Å². The molecule has 39 heavy (non-hydrogen) atoms. The van der Waals surface area contributed by atoms with E-state index in [-0.39, 0.29) is 17.2 Å². The molecule has 1 atom stereocenters. The van der Waals surface area contributed by atoms with Crippen molar-refractivity contribution in [3.63, 3.8) is 0 Å². The number of imidazole rings is 2. The molecule has 0 aliphatic carbocycles. The van der Waals surface area contributed by atoms with Gasteiger partial charge in [-0.15, -0.1) is 0 Å². The zero-order valence-corrected chi connectivity index (χ0v) is 23.6. The summed E-state index contributed by atoms with van der Waals surface area (Å²) in [6, 6.07) is 8.16. The Labute approximate surface area is 229 Å². The van der Waals surface area contributed by atoms with Crippen LogP contribution in [0.25, 0.3) is 28.1 Å². The Balaban J connectivity index is 1.60. The van der Waals surface area contributed by atoms with Gasteiger partial charge in [0, 0.05) is 51.5 Å². The molecular weight excluding hydrogens is 492 g/mol. The van der Waals surface area contributed by atoms with Crippen LogP contribution in [0, 0.1) is 0 Å². The predicted molar refractivity (Wildman–Crippen MR) is 152 cm³/mol. The van der Waals surface area contributed by atoms with Crippen molar-refractivity contribution in [3.05, 3.63) is 35.9 Å². The molecule has 0 saturated carbocycles. The van der Waals surface area contributed by atoms with E-state index < -0.39 is 0 Å². The molecule has 10 nitrogen and oxygen atoms in total. The number of piperidine rings is 1. The van der Waals surface area contributed by atoms with Crippen molar-refractivity contribution in [2.75, 3.05) is 44.3 Å². The molecule has 0 bridgehead atoms. The zero-order valence-electron chi connectivity index (χ0n) is 23.6. The number of morpholine rings is 1. The lowest BCUT2D eigenvalue weighted by Gasteiger charge is -2.41. The number of para-hydroxylation sites is 2. The first-order valence-electron chi connectivity index (χ1n) is 14.1. The summed E-state index contributed by atoms with van der Waals surface area (Å²) in [6.45, 7) is 12.4. The average molecular weight is 531 g/mol. The van der Waals surface area contributed by atoms with Gasteiger partial charge in [-0.05, 0) is 31.4 Å². The van der Waals surface area contributed by atoms with Crippen LogP contribution in [0.15, 0.2) is 24.3 Å². The van der Waals surface area contributed by atoms with Crippen LogP contribution in [0.3, 0.4) is 0 Å². The lowest BCUT2D eigenvalue weighted by Crippen LogP contribution is -2.48. The third-order valence-corrected chi connectivity index (χ3v) is 8.48. The number of hydrogen-bond acceptors (Lipinski definition) is 7. The Morgan fingerprint density at radius 3 is 2.56 bits per heavy atom. The second kappa shape index (κ2) is 9.89. The van der Waals surface area contributed by atoms with Crippen LogP contribution in [0.4, 0.5) is 5.82 Å². The Bertz CT molecular complexity index is 1530. The van der Waals surface area contributed by atoms with Gasteiger partial charge in [-0.2, -0.15) is 9.97 Å². The van der Waals surface area contributed by atoms with E-state index in [0.29, 0.717) is 25.7 Å². The van der Waals surface area contributed by atoms with Gasteiger partial charge >= 0.3 is 0 Å². The van der Waals surface area contributed by atoms with Crippen molar-refractivity contribution in [2.45, 2.75) is 58.3 Å². The third kappa shape index (κ3) is 4.25. The quantitative estimate of drug-likeness (QED) is 0.386. The van der Waals surface area contributed by atoms with Crippen LogP contribution in [0.2, 0.25) is 0 Å². The molecule has 0 spiro atoms. The molecule has 1 amide bonds. The summed E-state index contributed by atoms with van der Waals surface area (Å²) >= 11 is 0. The molecule has 1 aromatic carbocycles. The average Bonchev–Trinajstić information content (AvgIpc) is 3.51. The highest BCUT2D eigenvalue weighted by Gasteiger charge is 2.41. The largest absolute Gasteiger partial charge is 0.378 e. The molecule has 2 aliphatic heterocycles. The summed E-state index contributed by atoms with van der Waals surface area (Å²) in [5.74, 6) is 3.66. The number of aromatic nitrogens is 6. The number of carbonyl (C=O) groups excluding carboxylic acids is 1. The summed E-state index contributed by atoms with van der Waals surface area (Å²) in [5.41, 5.74) is 3.30. The van der Waals surface area contributed by atoms with Crippen molar-refractivity contribution in [2.24, 2.45) is 7.05 Å². The molecule has 2 aliphatic rings. The van der Waals surface area contributed by atoms with Crippen LogP contribution in [-0.2, 0) is 22.0 Å². The fourth-order valence-electron chi connectivity index (χ4n) is 6.28. The van der Waals surface area contributed by atoms with Crippen LogP contribution in [-0.4, -0.2) is 79.3 Å². The Morgan fingerprint density at radius 2 is 1.85 bits per heavy atom. The summed E-state index contributed by atoms with van der Waals surface area (Å²) in [7, 11) is 2.06. The molecule has 0 N–H and O–H groups in total. The van der Waals surface area contributed by atoms with Gasteiger partial charge in [-0.1, -0.05) is 32.9 Å². The SMILES string of the molecule is CCC1(c2nc3c(N4CCOCC4)nc(-n4c(C(C)C)nc5ccccc54)nc3n2C)CCCN(C(C)=O)C1. The van der Waals surface area contributed by atoms with E-state index in [0.717, 1.165) is 78.6 Å². The molecule has 4 aromatic rings. The lowest BCUT2D eigenvalue weighted by atomic mass is 9.76. The summed E-state index contributed by atoms with van der Waals surface area (Å²) < 4.78 is 9.92. The second-order valence-electron chi connectivity index (χ2n) is 11.2. The van der Waals surface area contributed by atoms with Gasteiger partial charge < -0.3 is 19.1 Å². The number of aryl methyl sites for hydroxylation is 1. The van der Waals surface area contributed by atoms with E-state index in [2.05, 4.69) is 47.9 Å². The smallest absolute Gasteiger partial charge is 0.239 e. The normalized spacial score (nSPS) is 20.5. The number of amides is 1. The Kier molecular flexibility index (Phi) is 6.53.